The molecule has 0 rings (SSSR count). The summed E-state index contributed by atoms with van der Waals surface area (Å²) in [7, 11) is -2.49. The van der Waals surface area contributed by atoms with Crippen LogP contribution in [0.1, 0.15) is 54.9 Å². The van der Waals surface area contributed by atoms with Gasteiger partial charge in [-0.05, 0) is 39.0 Å². The standard InChI is InChI=1S/C14H32O3Si/c1-8-15-18(16-9-2,11-13(5)6)17-14(7)10-12(3)4/h12-14H,8-11H2,1-7H3. The van der Waals surface area contributed by atoms with Crippen molar-refractivity contribution in [3.8, 4) is 0 Å². The smallest absolute Gasteiger partial charge is 0.374 e. The molecule has 110 valence electrons. The van der Waals surface area contributed by atoms with E-state index in [-0.39, 0.29) is 6.10 Å². The molecule has 0 saturated carbocycles. The molecule has 0 fully saturated rings. The molecule has 0 amide bonds. The van der Waals surface area contributed by atoms with E-state index in [2.05, 4.69) is 34.6 Å². The van der Waals surface area contributed by atoms with Gasteiger partial charge >= 0.3 is 8.80 Å². The molecule has 0 heterocycles. The van der Waals surface area contributed by atoms with Gasteiger partial charge in [0.15, 0.2) is 0 Å². The first-order valence-corrected chi connectivity index (χ1v) is 9.24. The predicted octanol–water partition coefficient (Wildman–Crippen LogP) is 4.11. The summed E-state index contributed by atoms with van der Waals surface area (Å²) >= 11 is 0. The Hall–Kier alpha value is 0.0969. The SMILES string of the molecule is CCO[Si](CC(C)C)(OCC)OC(C)CC(C)C. The van der Waals surface area contributed by atoms with Crippen LogP contribution in [0.3, 0.4) is 0 Å². The number of hydrogen-bond acceptors (Lipinski definition) is 3. The Bertz CT molecular complexity index is 201. The fourth-order valence-electron chi connectivity index (χ4n) is 2.23. The Morgan fingerprint density at radius 3 is 1.67 bits per heavy atom. The van der Waals surface area contributed by atoms with Gasteiger partial charge in [0.05, 0.1) is 0 Å². The summed E-state index contributed by atoms with van der Waals surface area (Å²) in [6.07, 6.45) is 1.25. The molecule has 4 heteroatoms. The molecule has 0 radical (unpaired) electrons. The van der Waals surface area contributed by atoms with Crippen molar-refractivity contribution in [2.45, 2.75) is 67.0 Å². The molecular weight excluding hydrogens is 244 g/mol. The molecule has 0 bridgehead atoms. The molecule has 0 aromatic carbocycles. The van der Waals surface area contributed by atoms with E-state index in [4.69, 9.17) is 13.3 Å². The molecule has 3 nitrogen and oxygen atoms in total. The lowest BCUT2D eigenvalue weighted by Gasteiger charge is -2.33. The highest BCUT2D eigenvalue weighted by molar-refractivity contribution is 6.60. The third-order valence-corrected chi connectivity index (χ3v) is 6.11. The normalized spacial score (nSPS) is 14.5. The van der Waals surface area contributed by atoms with E-state index in [0.717, 1.165) is 12.5 Å². The first-order valence-electron chi connectivity index (χ1n) is 7.30. The van der Waals surface area contributed by atoms with Crippen LogP contribution in [-0.2, 0) is 13.3 Å². The summed E-state index contributed by atoms with van der Waals surface area (Å²) in [5.41, 5.74) is 0. The van der Waals surface area contributed by atoms with Gasteiger partial charge in [0.25, 0.3) is 0 Å². The second-order valence-corrected chi connectivity index (χ2v) is 8.29. The fourth-order valence-corrected chi connectivity index (χ4v) is 5.37. The van der Waals surface area contributed by atoms with E-state index in [9.17, 15) is 0 Å². The van der Waals surface area contributed by atoms with Crippen LogP contribution in [0.25, 0.3) is 0 Å². The quantitative estimate of drug-likeness (QED) is 0.562. The minimum absolute atomic E-state index is 0.202. The summed E-state index contributed by atoms with van der Waals surface area (Å²) in [5.74, 6) is 1.16. The summed E-state index contributed by atoms with van der Waals surface area (Å²) < 4.78 is 18.1. The Morgan fingerprint density at radius 2 is 1.33 bits per heavy atom. The van der Waals surface area contributed by atoms with Crippen molar-refractivity contribution in [3.63, 3.8) is 0 Å². The van der Waals surface area contributed by atoms with Crippen molar-refractivity contribution >= 4 is 8.80 Å². The third-order valence-electron chi connectivity index (χ3n) is 2.57. The van der Waals surface area contributed by atoms with E-state index in [1.54, 1.807) is 0 Å². The maximum absolute atomic E-state index is 6.24. The van der Waals surface area contributed by atoms with E-state index in [1.807, 2.05) is 13.8 Å². The van der Waals surface area contributed by atoms with Gasteiger partial charge in [-0.25, -0.2) is 0 Å². The molecule has 0 aromatic heterocycles. The zero-order chi connectivity index (χ0) is 14.2. The second kappa shape index (κ2) is 9.07. The third kappa shape index (κ3) is 7.51. The molecule has 0 aliphatic carbocycles. The first kappa shape index (κ1) is 18.1. The Balaban J connectivity index is 4.68. The monoisotopic (exact) mass is 276 g/mol. The van der Waals surface area contributed by atoms with Crippen LogP contribution in [0.5, 0.6) is 0 Å². The van der Waals surface area contributed by atoms with E-state index < -0.39 is 8.80 Å². The first-order chi connectivity index (χ1) is 8.35. The molecule has 0 aliphatic heterocycles. The van der Waals surface area contributed by atoms with Gasteiger partial charge in [-0.15, -0.1) is 0 Å². The van der Waals surface area contributed by atoms with Gasteiger partial charge in [-0.1, -0.05) is 27.7 Å². The second-order valence-electron chi connectivity index (χ2n) is 5.71. The van der Waals surface area contributed by atoms with Crippen LogP contribution in [0.2, 0.25) is 6.04 Å². The Morgan fingerprint density at radius 1 is 0.833 bits per heavy atom. The predicted molar refractivity (Wildman–Crippen MR) is 78.7 cm³/mol. The molecule has 1 unspecified atom stereocenters. The van der Waals surface area contributed by atoms with Crippen LogP contribution in [0.15, 0.2) is 0 Å². The highest BCUT2D eigenvalue weighted by Crippen LogP contribution is 2.24. The van der Waals surface area contributed by atoms with Crippen molar-refractivity contribution in [2.75, 3.05) is 13.2 Å². The van der Waals surface area contributed by atoms with Gasteiger partial charge in [-0.2, -0.15) is 0 Å². The maximum atomic E-state index is 6.24. The molecule has 18 heavy (non-hydrogen) atoms. The Kier molecular flexibility index (Phi) is 9.12. The van der Waals surface area contributed by atoms with Crippen LogP contribution in [0, 0.1) is 11.8 Å². The number of rotatable bonds is 10. The van der Waals surface area contributed by atoms with Crippen molar-refractivity contribution in [3.05, 3.63) is 0 Å². The van der Waals surface area contributed by atoms with Crippen LogP contribution < -0.4 is 0 Å². The molecule has 1 atom stereocenters. The largest absolute Gasteiger partial charge is 0.501 e. The summed E-state index contributed by atoms with van der Waals surface area (Å²) in [5, 5.41) is 0. The van der Waals surface area contributed by atoms with Crippen LogP contribution >= 0.6 is 0 Å². The van der Waals surface area contributed by atoms with E-state index in [0.29, 0.717) is 25.0 Å². The molecule has 0 saturated heterocycles. The summed E-state index contributed by atoms with van der Waals surface area (Å²) in [6.45, 7) is 16.3. The van der Waals surface area contributed by atoms with Gasteiger partial charge in [0.1, 0.15) is 0 Å². The van der Waals surface area contributed by atoms with Crippen molar-refractivity contribution in [2.24, 2.45) is 11.8 Å². The lowest BCUT2D eigenvalue weighted by Crippen LogP contribution is -2.49. The fraction of sp³-hybridized carbons (Fsp3) is 1.00. The van der Waals surface area contributed by atoms with Gasteiger partial charge in [0, 0.05) is 25.4 Å². The van der Waals surface area contributed by atoms with Crippen molar-refractivity contribution in [1.29, 1.82) is 0 Å². The molecular formula is C14H32O3Si. The van der Waals surface area contributed by atoms with Gasteiger partial charge in [0.2, 0.25) is 0 Å². The molecule has 0 spiro atoms. The zero-order valence-corrected chi connectivity index (χ0v) is 14.3. The lowest BCUT2D eigenvalue weighted by molar-refractivity contribution is 0.0293. The molecule has 0 aliphatic rings. The van der Waals surface area contributed by atoms with Gasteiger partial charge in [-0.3, -0.25) is 0 Å². The molecule has 0 N–H and O–H groups in total. The highest BCUT2D eigenvalue weighted by Gasteiger charge is 2.42. The van der Waals surface area contributed by atoms with E-state index >= 15 is 0 Å². The van der Waals surface area contributed by atoms with Crippen molar-refractivity contribution < 1.29 is 13.3 Å². The minimum Gasteiger partial charge on any atom is -0.374 e. The lowest BCUT2D eigenvalue weighted by atomic mass is 10.1. The highest BCUT2D eigenvalue weighted by atomic mass is 28.4. The minimum atomic E-state index is -2.49. The average Bonchev–Trinajstić information content (AvgIpc) is 2.14. The summed E-state index contributed by atoms with van der Waals surface area (Å²) in [6, 6.07) is 0.900. The Labute approximate surface area is 115 Å². The maximum Gasteiger partial charge on any atom is 0.501 e. The zero-order valence-electron chi connectivity index (χ0n) is 13.3. The summed E-state index contributed by atoms with van der Waals surface area (Å²) in [4.78, 5) is 0. The topological polar surface area (TPSA) is 27.7 Å². The molecule has 0 aromatic rings. The van der Waals surface area contributed by atoms with E-state index in [1.165, 1.54) is 0 Å². The van der Waals surface area contributed by atoms with Crippen LogP contribution in [-0.4, -0.2) is 28.1 Å². The average molecular weight is 276 g/mol. The van der Waals surface area contributed by atoms with Crippen molar-refractivity contribution in [1.82, 2.24) is 0 Å². The number of hydrogen-bond donors (Lipinski definition) is 0. The van der Waals surface area contributed by atoms with Gasteiger partial charge < -0.3 is 13.3 Å². The van der Waals surface area contributed by atoms with Crippen LogP contribution in [0.4, 0.5) is 0 Å².